The molecular formula is C11H8BrClN2S. The van der Waals surface area contributed by atoms with Crippen LogP contribution in [0.3, 0.4) is 0 Å². The highest BCUT2D eigenvalue weighted by Crippen LogP contribution is 2.39. The van der Waals surface area contributed by atoms with E-state index >= 15 is 0 Å². The van der Waals surface area contributed by atoms with Gasteiger partial charge in [-0.05, 0) is 28.1 Å². The number of hydrogen-bond acceptors (Lipinski definition) is 3. The molecule has 82 valence electrons. The third-order valence-electron chi connectivity index (χ3n) is 1.93. The van der Waals surface area contributed by atoms with Gasteiger partial charge in [-0.25, -0.2) is 0 Å². The summed E-state index contributed by atoms with van der Waals surface area (Å²) in [6.45, 7) is 0. The molecule has 0 unspecified atom stereocenters. The quantitative estimate of drug-likeness (QED) is 0.901. The average molecular weight is 316 g/mol. The summed E-state index contributed by atoms with van der Waals surface area (Å²) in [5.74, 6) is 0. The lowest BCUT2D eigenvalue weighted by molar-refractivity contribution is 1.24. The summed E-state index contributed by atoms with van der Waals surface area (Å²) in [5, 5.41) is 0.718. The van der Waals surface area contributed by atoms with Crippen LogP contribution in [0.2, 0.25) is 5.02 Å². The minimum absolute atomic E-state index is 0.638. The van der Waals surface area contributed by atoms with E-state index in [1.807, 2.05) is 24.3 Å². The molecule has 0 amide bonds. The maximum absolute atomic E-state index is 6.09. The Balaban J connectivity index is 2.38. The van der Waals surface area contributed by atoms with Crippen molar-refractivity contribution in [3.8, 4) is 0 Å². The summed E-state index contributed by atoms with van der Waals surface area (Å²) in [5.41, 5.74) is 6.50. The third kappa shape index (κ3) is 2.51. The summed E-state index contributed by atoms with van der Waals surface area (Å²) >= 11 is 11.0. The highest BCUT2D eigenvalue weighted by Gasteiger charge is 2.08. The number of anilines is 1. The van der Waals surface area contributed by atoms with E-state index in [0.717, 1.165) is 19.3 Å². The fourth-order valence-corrected chi connectivity index (χ4v) is 2.88. The first kappa shape index (κ1) is 11.8. The fraction of sp³-hybridized carbons (Fsp3) is 0. The van der Waals surface area contributed by atoms with Crippen LogP contribution in [0.4, 0.5) is 5.69 Å². The molecule has 2 aromatic rings. The second-order valence-corrected chi connectivity index (χ2v) is 5.39. The van der Waals surface area contributed by atoms with Crippen LogP contribution in [0, 0.1) is 0 Å². The van der Waals surface area contributed by atoms with Gasteiger partial charge in [0.05, 0.1) is 26.3 Å². The normalized spacial score (nSPS) is 10.4. The van der Waals surface area contributed by atoms with Gasteiger partial charge < -0.3 is 5.73 Å². The lowest BCUT2D eigenvalue weighted by Crippen LogP contribution is -1.91. The number of rotatable bonds is 2. The Morgan fingerprint density at radius 2 is 2.00 bits per heavy atom. The molecule has 16 heavy (non-hydrogen) atoms. The Bertz CT molecular complexity index is 499. The SMILES string of the molecule is Nc1cncc(Br)c1Sc1ccccc1Cl. The molecule has 1 heterocycles. The molecule has 0 aliphatic carbocycles. The number of halogens is 2. The van der Waals surface area contributed by atoms with Gasteiger partial charge in [-0.1, -0.05) is 35.5 Å². The van der Waals surface area contributed by atoms with Crippen LogP contribution >= 0.6 is 39.3 Å². The van der Waals surface area contributed by atoms with Crippen molar-refractivity contribution in [1.29, 1.82) is 0 Å². The van der Waals surface area contributed by atoms with Crippen molar-refractivity contribution >= 4 is 45.0 Å². The van der Waals surface area contributed by atoms with Crippen molar-refractivity contribution in [1.82, 2.24) is 4.98 Å². The molecule has 1 aromatic carbocycles. The molecule has 0 saturated heterocycles. The molecule has 0 saturated carbocycles. The highest BCUT2D eigenvalue weighted by atomic mass is 79.9. The Hall–Kier alpha value is -0.710. The Morgan fingerprint density at radius 3 is 2.69 bits per heavy atom. The van der Waals surface area contributed by atoms with Crippen molar-refractivity contribution in [2.24, 2.45) is 0 Å². The number of pyridine rings is 1. The van der Waals surface area contributed by atoms with Crippen LogP contribution in [0.15, 0.2) is 50.9 Å². The number of benzene rings is 1. The van der Waals surface area contributed by atoms with Crippen LogP contribution in [-0.4, -0.2) is 4.98 Å². The summed E-state index contributed by atoms with van der Waals surface area (Å²) in [6, 6.07) is 7.66. The van der Waals surface area contributed by atoms with Gasteiger partial charge in [-0.2, -0.15) is 0 Å². The lowest BCUT2D eigenvalue weighted by atomic mass is 10.4. The van der Waals surface area contributed by atoms with Gasteiger partial charge in [0.15, 0.2) is 0 Å². The molecular weight excluding hydrogens is 308 g/mol. The van der Waals surface area contributed by atoms with Crippen molar-refractivity contribution < 1.29 is 0 Å². The van der Waals surface area contributed by atoms with Crippen LogP contribution in [0.5, 0.6) is 0 Å². The molecule has 0 aliphatic rings. The summed E-state index contributed by atoms with van der Waals surface area (Å²) in [6.07, 6.45) is 3.35. The monoisotopic (exact) mass is 314 g/mol. The van der Waals surface area contributed by atoms with E-state index in [1.54, 1.807) is 12.4 Å². The van der Waals surface area contributed by atoms with Crippen LogP contribution in [-0.2, 0) is 0 Å². The molecule has 0 atom stereocenters. The van der Waals surface area contributed by atoms with E-state index in [0.29, 0.717) is 5.69 Å². The topological polar surface area (TPSA) is 38.9 Å². The van der Waals surface area contributed by atoms with Crippen molar-refractivity contribution in [2.45, 2.75) is 9.79 Å². The molecule has 0 spiro atoms. The predicted molar refractivity (Wildman–Crippen MR) is 71.9 cm³/mol. The first-order valence-electron chi connectivity index (χ1n) is 4.50. The smallest absolute Gasteiger partial charge is 0.0653 e. The minimum Gasteiger partial charge on any atom is -0.397 e. The summed E-state index contributed by atoms with van der Waals surface area (Å²) in [7, 11) is 0. The van der Waals surface area contributed by atoms with Gasteiger partial charge >= 0.3 is 0 Å². The predicted octanol–water partition coefficient (Wildman–Crippen LogP) is 4.23. The second-order valence-electron chi connectivity index (χ2n) is 3.07. The van der Waals surface area contributed by atoms with Crippen molar-refractivity contribution in [2.75, 3.05) is 5.73 Å². The molecule has 5 heteroatoms. The van der Waals surface area contributed by atoms with Gasteiger partial charge in [0.1, 0.15) is 0 Å². The van der Waals surface area contributed by atoms with E-state index in [1.165, 1.54) is 11.8 Å². The maximum atomic E-state index is 6.09. The van der Waals surface area contributed by atoms with Gasteiger partial charge in [-0.15, -0.1) is 0 Å². The first-order valence-corrected chi connectivity index (χ1v) is 6.48. The Kier molecular flexibility index (Phi) is 3.74. The molecule has 0 radical (unpaired) electrons. The van der Waals surface area contributed by atoms with E-state index in [-0.39, 0.29) is 0 Å². The van der Waals surface area contributed by atoms with E-state index in [2.05, 4.69) is 20.9 Å². The van der Waals surface area contributed by atoms with Gasteiger partial charge in [0.25, 0.3) is 0 Å². The van der Waals surface area contributed by atoms with Crippen LogP contribution in [0.25, 0.3) is 0 Å². The van der Waals surface area contributed by atoms with E-state index < -0.39 is 0 Å². The van der Waals surface area contributed by atoms with Crippen molar-refractivity contribution in [3.05, 3.63) is 46.2 Å². The zero-order valence-corrected chi connectivity index (χ0v) is 11.3. The van der Waals surface area contributed by atoms with E-state index in [9.17, 15) is 0 Å². The molecule has 0 bridgehead atoms. The number of hydrogen-bond donors (Lipinski definition) is 1. The third-order valence-corrected chi connectivity index (χ3v) is 4.47. The zero-order chi connectivity index (χ0) is 11.5. The Labute approximate surface area is 111 Å². The minimum atomic E-state index is 0.638. The standard InChI is InChI=1S/C11H8BrClN2S/c12-7-5-15-6-9(14)11(7)16-10-4-2-1-3-8(10)13/h1-6H,14H2. The number of aromatic nitrogens is 1. The number of nitrogens with two attached hydrogens (primary N) is 1. The number of nitrogens with zero attached hydrogens (tertiary/aromatic N) is 1. The summed E-state index contributed by atoms with van der Waals surface area (Å²) < 4.78 is 0.873. The Morgan fingerprint density at radius 1 is 1.25 bits per heavy atom. The average Bonchev–Trinajstić information content (AvgIpc) is 2.26. The largest absolute Gasteiger partial charge is 0.397 e. The lowest BCUT2D eigenvalue weighted by Gasteiger charge is -2.08. The molecule has 1 aromatic heterocycles. The van der Waals surface area contributed by atoms with Crippen LogP contribution < -0.4 is 5.73 Å². The molecule has 2 N–H and O–H groups in total. The van der Waals surface area contributed by atoms with Crippen LogP contribution in [0.1, 0.15) is 0 Å². The highest BCUT2D eigenvalue weighted by molar-refractivity contribution is 9.10. The maximum Gasteiger partial charge on any atom is 0.0653 e. The second kappa shape index (κ2) is 5.08. The van der Waals surface area contributed by atoms with Gasteiger partial charge in [0, 0.05) is 11.1 Å². The molecule has 0 aliphatic heterocycles. The van der Waals surface area contributed by atoms with Crippen molar-refractivity contribution in [3.63, 3.8) is 0 Å². The summed E-state index contributed by atoms with van der Waals surface area (Å²) in [4.78, 5) is 5.90. The molecule has 2 rings (SSSR count). The van der Waals surface area contributed by atoms with E-state index in [4.69, 9.17) is 17.3 Å². The van der Waals surface area contributed by atoms with Gasteiger partial charge in [0.2, 0.25) is 0 Å². The number of nitrogen functional groups attached to an aromatic ring is 1. The zero-order valence-electron chi connectivity index (χ0n) is 8.15. The first-order chi connectivity index (χ1) is 7.68. The molecule has 0 fully saturated rings. The molecule has 2 nitrogen and oxygen atoms in total. The fourth-order valence-electron chi connectivity index (χ4n) is 1.18. The van der Waals surface area contributed by atoms with Gasteiger partial charge in [-0.3, -0.25) is 4.98 Å².